The number of anilines is 1. The molecular formula is C20H21N3O4S2. The van der Waals surface area contributed by atoms with E-state index >= 15 is 0 Å². The summed E-state index contributed by atoms with van der Waals surface area (Å²) in [5, 5.41) is 3.42. The molecular weight excluding hydrogens is 410 g/mol. The maximum absolute atomic E-state index is 12.3. The zero-order valence-electron chi connectivity index (χ0n) is 16.3. The van der Waals surface area contributed by atoms with Gasteiger partial charge in [-0.1, -0.05) is 0 Å². The number of benzene rings is 1. The third-order valence-corrected chi connectivity index (χ3v) is 6.28. The summed E-state index contributed by atoms with van der Waals surface area (Å²) < 4.78 is 4.93. The molecule has 2 heterocycles. The third kappa shape index (κ3) is 5.04. The van der Waals surface area contributed by atoms with Crippen LogP contribution in [0.15, 0.2) is 29.1 Å². The van der Waals surface area contributed by atoms with Gasteiger partial charge in [-0.05, 0) is 50.6 Å². The number of hydrogen-bond donors (Lipinski definition) is 2. The van der Waals surface area contributed by atoms with Gasteiger partial charge in [-0.3, -0.25) is 9.59 Å². The number of fused-ring (bicyclic) bond motifs is 1. The Morgan fingerprint density at radius 1 is 1.24 bits per heavy atom. The van der Waals surface area contributed by atoms with Crippen LogP contribution in [0, 0.1) is 13.8 Å². The number of aryl methyl sites for hydroxylation is 2. The summed E-state index contributed by atoms with van der Waals surface area (Å²) >= 11 is 2.86. The number of aromatic amines is 1. The molecule has 0 radical (unpaired) electrons. The molecule has 7 nitrogen and oxygen atoms in total. The first-order chi connectivity index (χ1) is 13.9. The van der Waals surface area contributed by atoms with Gasteiger partial charge in [0.2, 0.25) is 5.91 Å². The minimum Gasteiger partial charge on any atom is -0.462 e. The molecule has 9 heteroatoms. The fraction of sp³-hybridized carbons (Fsp3) is 0.300. The molecule has 0 bridgehead atoms. The van der Waals surface area contributed by atoms with Gasteiger partial charge in [-0.15, -0.1) is 23.1 Å². The zero-order valence-corrected chi connectivity index (χ0v) is 18.0. The fourth-order valence-electron chi connectivity index (χ4n) is 2.71. The molecule has 0 aliphatic carbocycles. The Bertz CT molecular complexity index is 1100. The maximum Gasteiger partial charge on any atom is 0.338 e. The summed E-state index contributed by atoms with van der Waals surface area (Å²) in [6.07, 6.45) is 0. The summed E-state index contributed by atoms with van der Waals surface area (Å²) in [6, 6.07) is 6.53. The van der Waals surface area contributed by atoms with Crippen molar-refractivity contribution in [2.24, 2.45) is 0 Å². The molecule has 3 aromatic rings. The summed E-state index contributed by atoms with van der Waals surface area (Å²) in [5.74, 6) is 0.626. The second-order valence-corrected chi connectivity index (χ2v) is 8.50. The Labute approximate surface area is 175 Å². The van der Waals surface area contributed by atoms with Crippen LogP contribution in [0.2, 0.25) is 0 Å². The Morgan fingerprint density at radius 2 is 1.97 bits per heavy atom. The first-order valence-electron chi connectivity index (χ1n) is 9.02. The van der Waals surface area contributed by atoms with Crippen molar-refractivity contribution >= 4 is 50.9 Å². The minimum absolute atomic E-state index is 0.140. The molecule has 0 unspecified atom stereocenters. The molecule has 152 valence electrons. The molecule has 1 amide bonds. The number of hydrogen-bond acceptors (Lipinski definition) is 7. The van der Waals surface area contributed by atoms with Gasteiger partial charge in [0.15, 0.2) is 0 Å². The number of nitrogens with zero attached hydrogens (tertiary/aromatic N) is 1. The van der Waals surface area contributed by atoms with Gasteiger partial charge < -0.3 is 15.0 Å². The van der Waals surface area contributed by atoms with E-state index in [1.165, 1.54) is 23.1 Å². The number of ether oxygens (including phenoxy) is 1. The van der Waals surface area contributed by atoms with E-state index in [0.717, 1.165) is 15.3 Å². The van der Waals surface area contributed by atoms with Crippen molar-refractivity contribution in [2.45, 2.75) is 26.5 Å². The predicted molar refractivity (Wildman–Crippen MR) is 117 cm³/mol. The second kappa shape index (κ2) is 9.23. The number of carbonyl (C=O) groups is 2. The topological polar surface area (TPSA) is 101 Å². The SMILES string of the molecule is CCOC(=O)c1ccc(NC(=O)CSCc2nc3sc(C)c(C)c3c(=O)[nH]2)cc1. The number of carbonyl (C=O) groups excluding carboxylic acids is 2. The number of thioether (sulfide) groups is 1. The van der Waals surface area contributed by atoms with Crippen LogP contribution in [-0.2, 0) is 15.3 Å². The van der Waals surface area contributed by atoms with Crippen molar-refractivity contribution in [2.75, 3.05) is 17.7 Å². The number of esters is 1. The number of rotatable bonds is 7. The molecule has 0 saturated carbocycles. The molecule has 2 N–H and O–H groups in total. The predicted octanol–water partition coefficient (Wildman–Crippen LogP) is 3.65. The molecule has 3 rings (SSSR count). The third-order valence-electron chi connectivity index (χ3n) is 4.24. The Hall–Kier alpha value is -2.65. The van der Waals surface area contributed by atoms with Gasteiger partial charge >= 0.3 is 5.97 Å². The summed E-state index contributed by atoms with van der Waals surface area (Å²) in [4.78, 5) is 45.2. The van der Waals surface area contributed by atoms with E-state index in [2.05, 4.69) is 15.3 Å². The van der Waals surface area contributed by atoms with Gasteiger partial charge in [-0.25, -0.2) is 9.78 Å². The highest BCUT2D eigenvalue weighted by atomic mass is 32.2. The highest BCUT2D eigenvalue weighted by molar-refractivity contribution is 7.99. The number of H-pyrrole nitrogens is 1. The normalized spacial score (nSPS) is 10.9. The first-order valence-corrected chi connectivity index (χ1v) is 11.0. The van der Waals surface area contributed by atoms with E-state index in [1.54, 1.807) is 31.2 Å². The van der Waals surface area contributed by atoms with Gasteiger partial charge in [0.05, 0.1) is 29.1 Å². The lowest BCUT2D eigenvalue weighted by atomic mass is 10.2. The highest BCUT2D eigenvalue weighted by Gasteiger charge is 2.12. The molecule has 1 aromatic carbocycles. The van der Waals surface area contributed by atoms with E-state index in [4.69, 9.17) is 4.74 Å². The van der Waals surface area contributed by atoms with Crippen LogP contribution in [0.25, 0.3) is 10.2 Å². The molecule has 0 aliphatic heterocycles. The Balaban J connectivity index is 1.54. The van der Waals surface area contributed by atoms with Gasteiger partial charge in [0, 0.05) is 10.6 Å². The van der Waals surface area contributed by atoms with E-state index < -0.39 is 5.97 Å². The molecule has 0 aliphatic rings. The highest BCUT2D eigenvalue weighted by Crippen LogP contribution is 2.26. The van der Waals surface area contributed by atoms with Crippen molar-refractivity contribution in [1.29, 1.82) is 0 Å². The molecule has 0 spiro atoms. The molecule has 29 heavy (non-hydrogen) atoms. The minimum atomic E-state index is -0.393. The van der Waals surface area contributed by atoms with E-state index in [0.29, 0.717) is 34.8 Å². The largest absolute Gasteiger partial charge is 0.462 e. The van der Waals surface area contributed by atoms with E-state index in [1.807, 2.05) is 13.8 Å². The monoisotopic (exact) mass is 431 g/mol. The molecule has 2 aromatic heterocycles. The lowest BCUT2D eigenvalue weighted by Crippen LogP contribution is -2.15. The summed E-state index contributed by atoms with van der Waals surface area (Å²) in [6.45, 7) is 5.95. The number of aromatic nitrogens is 2. The number of thiophene rings is 1. The maximum atomic E-state index is 12.3. The number of amides is 1. The van der Waals surface area contributed by atoms with Crippen LogP contribution in [0.4, 0.5) is 5.69 Å². The zero-order chi connectivity index (χ0) is 21.0. The number of nitrogens with one attached hydrogen (secondary N) is 2. The van der Waals surface area contributed by atoms with Gasteiger partial charge in [-0.2, -0.15) is 0 Å². The smallest absolute Gasteiger partial charge is 0.338 e. The van der Waals surface area contributed by atoms with Crippen LogP contribution in [0.1, 0.15) is 33.5 Å². The van der Waals surface area contributed by atoms with Crippen LogP contribution >= 0.6 is 23.1 Å². The Morgan fingerprint density at radius 3 is 2.66 bits per heavy atom. The van der Waals surface area contributed by atoms with Crippen LogP contribution in [0.3, 0.4) is 0 Å². The van der Waals surface area contributed by atoms with Crippen LogP contribution < -0.4 is 10.9 Å². The molecule has 0 fully saturated rings. The van der Waals surface area contributed by atoms with Crippen LogP contribution in [-0.4, -0.2) is 34.2 Å². The van der Waals surface area contributed by atoms with Crippen molar-refractivity contribution in [3.8, 4) is 0 Å². The van der Waals surface area contributed by atoms with Crippen LogP contribution in [0.5, 0.6) is 0 Å². The average molecular weight is 432 g/mol. The van der Waals surface area contributed by atoms with Gasteiger partial charge in [0.1, 0.15) is 10.7 Å². The van der Waals surface area contributed by atoms with Gasteiger partial charge in [0.25, 0.3) is 5.56 Å². The Kier molecular flexibility index (Phi) is 6.71. The second-order valence-electron chi connectivity index (χ2n) is 6.31. The van der Waals surface area contributed by atoms with E-state index in [9.17, 15) is 14.4 Å². The summed E-state index contributed by atoms with van der Waals surface area (Å²) in [5.41, 5.74) is 1.86. The lowest BCUT2D eigenvalue weighted by molar-refractivity contribution is -0.113. The lowest BCUT2D eigenvalue weighted by Gasteiger charge is -2.06. The van der Waals surface area contributed by atoms with Crippen molar-refractivity contribution in [3.05, 3.63) is 56.4 Å². The van der Waals surface area contributed by atoms with Crippen molar-refractivity contribution in [3.63, 3.8) is 0 Å². The fourth-order valence-corrected chi connectivity index (χ4v) is 4.45. The molecule has 0 atom stereocenters. The van der Waals surface area contributed by atoms with Crippen molar-refractivity contribution < 1.29 is 14.3 Å². The first kappa shape index (κ1) is 21.1. The van der Waals surface area contributed by atoms with Crippen molar-refractivity contribution in [1.82, 2.24) is 9.97 Å². The van der Waals surface area contributed by atoms with E-state index in [-0.39, 0.29) is 17.2 Å². The molecule has 0 saturated heterocycles. The standard InChI is InChI=1S/C20H21N3O4S2/c1-4-27-20(26)13-5-7-14(8-6-13)21-16(24)10-28-9-15-22-18(25)17-11(2)12(3)29-19(17)23-15/h5-8H,4,9-10H2,1-3H3,(H,21,24)(H,22,23,25). The average Bonchev–Trinajstić information content (AvgIpc) is 2.96. The summed E-state index contributed by atoms with van der Waals surface area (Å²) in [7, 11) is 0. The quantitative estimate of drug-likeness (QED) is 0.554.